The molecular weight excluding hydrogens is 438 g/mol. The molecule has 0 amide bonds. The number of aromatic amines is 1. The average Bonchev–Trinajstić information content (AvgIpc) is 3.45. The first-order chi connectivity index (χ1) is 15.1. The Morgan fingerprint density at radius 3 is 2.28 bits per heavy atom. The van der Waals surface area contributed by atoms with Crippen molar-refractivity contribution in [3.05, 3.63) is 40.5 Å². The number of hydrogen-bond acceptors (Lipinski definition) is 7. The fraction of sp³-hybridized carbons (Fsp3) is 0.476. The maximum atomic E-state index is 12.8. The van der Waals surface area contributed by atoms with Crippen LogP contribution < -0.4 is 0 Å². The van der Waals surface area contributed by atoms with E-state index in [1.807, 2.05) is 0 Å². The van der Waals surface area contributed by atoms with Gasteiger partial charge in [-0.2, -0.15) is 4.31 Å². The summed E-state index contributed by atoms with van der Waals surface area (Å²) in [5.74, 6) is -2.04. The Balaban J connectivity index is 1.75. The van der Waals surface area contributed by atoms with Crippen LogP contribution in [-0.2, 0) is 26.5 Å². The molecule has 1 aliphatic rings. The molecule has 0 unspecified atom stereocenters. The number of ketones is 1. The van der Waals surface area contributed by atoms with E-state index in [9.17, 15) is 22.8 Å². The third kappa shape index (κ3) is 4.49. The number of carbonyl (C=O) groups is 3. The van der Waals surface area contributed by atoms with E-state index in [-0.39, 0.29) is 28.3 Å². The third-order valence-corrected chi connectivity index (χ3v) is 7.22. The van der Waals surface area contributed by atoms with Gasteiger partial charge >= 0.3 is 11.9 Å². The molecule has 0 aromatic carbocycles. The van der Waals surface area contributed by atoms with E-state index >= 15 is 0 Å². The Morgan fingerprint density at radius 1 is 1.03 bits per heavy atom. The van der Waals surface area contributed by atoms with E-state index in [0.29, 0.717) is 24.5 Å². The van der Waals surface area contributed by atoms with Crippen LogP contribution in [0.1, 0.15) is 62.4 Å². The summed E-state index contributed by atoms with van der Waals surface area (Å²) in [5, 5.41) is 0. The summed E-state index contributed by atoms with van der Waals surface area (Å²) in [6.45, 7) is 5.39. The van der Waals surface area contributed by atoms with Crippen molar-refractivity contribution >= 4 is 27.7 Å². The quantitative estimate of drug-likeness (QED) is 0.466. The van der Waals surface area contributed by atoms with Crippen LogP contribution in [0.5, 0.6) is 0 Å². The summed E-state index contributed by atoms with van der Waals surface area (Å²) in [4.78, 5) is 40.5. The number of carbonyl (C=O) groups excluding carboxylic acids is 3. The van der Waals surface area contributed by atoms with Gasteiger partial charge in [-0.1, -0.05) is 0 Å². The van der Waals surface area contributed by atoms with Gasteiger partial charge in [0.05, 0.1) is 17.7 Å². The zero-order valence-corrected chi connectivity index (χ0v) is 19.4. The molecule has 10 nitrogen and oxygen atoms in total. The van der Waals surface area contributed by atoms with Gasteiger partial charge < -0.3 is 19.0 Å². The number of sulfonamides is 1. The van der Waals surface area contributed by atoms with Crippen molar-refractivity contribution < 1.29 is 32.3 Å². The largest absolute Gasteiger partial charge is 0.462 e. The molecule has 0 saturated carbocycles. The van der Waals surface area contributed by atoms with Gasteiger partial charge in [0, 0.05) is 37.7 Å². The second kappa shape index (κ2) is 9.29. The van der Waals surface area contributed by atoms with Crippen molar-refractivity contribution in [2.24, 2.45) is 7.05 Å². The number of hydrogen-bond donors (Lipinski definition) is 1. The Labute approximate surface area is 186 Å². The highest BCUT2D eigenvalue weighted by Gasteiger charge is 2.30. The lowest BCUT2D eigenvalue weighted by atomic mass is 10.1. The number of esters is 2. The van der Waals surface area contributed by atoms with E-state index in [4.69, 9.17) is 9.47 Å². The first kappa shape index (κ1) is 23.7. The molecule has 1 fully saturated rings. The number of rotatable bonds is 8. The van der Waals surface area contributed by atoms with Gasteiger partial charge in [0.15, 0.2) is 6.61 Å². The smallest absolute Gasteiger partial charge is 0.355 e. The zero-order chi connectivity index (χ0) is 23.6. The van der Waals surface area contributed by atoms with Crippen LogP contribution in [0.25, 0.3) is 0 Å². The first-order valence-corrected chi connectivity index (χ1v) is 11.7. The van der Waals surface area contributed by atoms with Gasteiger partial charge in [0.1, 0.15) is 10.6 Å². The van der Waals surface area contributed by atoms with Crippen LogP contribution in [0, 0.1) is 13.8 Å². The molecule has 1 saturated heterocycles. The molecule has 1 N–H and O–H groups in total. The van der Waals surface area contributed by atoms with Crippen LogP contribution in [-0.4, -0.2) is 66.3 Å². The normalized spacial score (nSPS) is 14.5. The monoisotopic (exact) mass is 465 g/mol. The highest BCUT2D eigenvalue weighted by Crippen LogP contribution is 2.23. The molecule has 174 valence electrons. The van der Waals surface area contributed by atoms with Crippen molar-refractivity contribution in [3.8, 4) is 0 Å². The van der Waals surface area contributed by atoms with Gasteiger partial charge in [0.2, 0.25) is 15.8 Å². The van der Waals surface area contributed by atoms with Gasteiger partial charge in [-0.25, -0.2) is 18.0 Å². The number of aryl methyl sites for hydroxylation is 3. The third-order valence-electron chi connectivity index (χ3n) is 5.36. The fourth-order valence-corrected chi connectivity index (χ4v) is 5.41. The van der Waals surface area contributed by atoms with E-state index in [1.165, 1.54) is 28.2 Å². The van der Waals surface area contributed by atoms with Crippen molar-refractivity contribution in [1.82, 2.24) is 13.9 Å². The molecule has 32 heavy (non-hydrogen) atoms. The average molecular weight is 466 g/mol. The van der Waals surface area contributed by atoms with Gasteiger partial charge in [-0.3, -0.25) is 4.79 Å². The Bertz CT molecular complexity index is 1150. The van der Waals surface area contributed by atoms with E-state index in [1.54, 1.807) is 20.8 Å². The lowest BCUT2D eigenvalue weighted by Gasteiger charge is -2.13. The van der Waals surface area contributed by atoms with E-state index < -0.39 is 34.4 Å². The predicted molar refractivity (Wildman–Crippen MR) is 114 cm³/mol. The molecule has 0 atom stereocenters. The minimum Gasteiger partial charge on any atom is -0.462 e. The van der Waals surface area contributed by atoms with Crippen LogP contribution in [0.4, 0.5) is 0 Å². The Hall–Kier alpha value is -2.92. The summed E-state index contributed by atoms with van der Waals surface area (Å²) in [6.07, 6.45) is 2.95. The lowest BCUT2D eigenvalue weighted by molar-refractivity contribution is 0.0463. The molecule has 0 bridgehead atoms. The Morgan fingerprint density at radius 2 is 1.66 bits per heavy atom. The number of ether oxygens (including phenoxy) is 2. The second-order valence-corrected chi connectivity index (χ2v) is 9.57. The highest BCUT2D eigenvalue weighted by atomic mass is 32.2. The molecule has 11 heteroatoms. The lowest BCUT2D eigenvalue weighted by Crippen LogP contribution is -2.27. The molecular formula is C21H27N3O7S. The van der Waals surface area contributed by atoms with Crippen molar-refractivity contribution in [1.29, 1.82) is 0 Å². The van der Waals surface area contributed by atoms with Crippen molar-refractivity contribution in [2.75, 3.05) is 26.3 Å². The first-order valence-electron chi connectivity index (χ1n) is 10.3. The van der Waals surface area contributed by atoms with E-state index in [2.05, 4.69) is 4.98 Å². The topological polar surface area (TPSA) is 128 Å². The molecule has 1 aliphatic heterocycles. The number of nitrogens with one attached hydrogen (secondary N) is 1. The molecule has 2 aromatic heterocycles. The molecule has 0 spiro atoms. The van der Waals surface area contributed by atoms with Crippen LogP contribution in [0.2, 0.25) is 0 Å². The van der Waals surface area contributed by atoms with Crippen molar-refractivity contribution in [3.63, 3.8) is 0 Å². The number of aromatic nitrogens is 2. The minimum absolute atomic E-state index is 0.00174. The zero-order valence-electron chi connectivity index (χ0n) is 18.6. The molecule has 0 radical (unpaired) electrons. The molecule has 3 heterocycles. The SMILES string of the molecule is CCOC(=O)c1c(C)[nH]c(C)c1C(=O)COC(=O)c1cc(S(=O)(=O)N2CCCC2)cn1C. The minimum atomic E-state index is -3.69. The number of nitrogens with zero attached hydrogens (tertiary/aromatic N) is 2. The van der Waals surface area contributed by atoms with Crippen LogP contribution >= 0.6 is 0 Å². The molecule has 2 aromatic rings. The van der Waals surface area contributed by atoms with E-state index in [0.717, 1.165) is 12.8 Å². The summed E-state index contributed by atoms with van der Waals surface area (Å²) < 4.78 is 38.4. The van der Waals surface area contributed by atoms with Gasteiger partial charge in [-0.15, -0.1) is 0 Å². The van der Waals surface area contributed by atoms with Gasteiger partial charge in [0.25, 0.3) is 0 Å². The van der Waals surface area contributed by atoms with Crippen LogP contribution in [0.15, 0.2) is 17.2 Å². The fourth-order valence-electron chi connectivity index (χ4n) is 3.82. The summed E-state index contributed by atoms with van der Waals surface area (Å²) in [6, 6.07) is 1.25. The number of Topliss-reactive ketones (excluding diaryl/α,β-unsaturated/α-hetero) is 1. The van der Waals surface area contributed by atoms with Gasteiger partial charge in [-0.05, 0) is 39.7 Å². The Kier molecular flexibility index (Phi) is 6.89. The summed E-state index contributed by atoms with van der Waals surface area (Å²) in [7, 11) is -2.16. The van der Waals surface area contributed by atoms with Crippen LogP contribution in [0.3, 0.4) is 0 Å². The maximum Gasteiger partial charge on any atom is 0.355 e. The molecule has 0 aliphatic carbocycles. The summed E-state index contributed by atoms with van der Waals surface area (Å²) >= 11 is 0. The predicted octanol–water partition coefficient (Wildman–Crippen LogP) is 1.97. The standard InChI is InChI=1S/C21H27N3O7S/c1-5-30-21(27)19-14(3)22-13(2)18(19)17(25)12-31-20(26)16-10-15(11-23(16)4)32(28,29)24-8-6-7-9-24/h10-11,22H,5-9,12H2,1-4H3. The maximum absolute atomic E-state index is 12.8. The highest BCUT2D eigenvalue weighted by molar-refractivity contribution is 7.89. The second-order valence-electron chi connectivity index (χ2n) is 7.63. The van der Waals surface area contributed by atoms with Crippen molar-refractivity contribution in [2.45, 2.75) is 38.5 Å². The number of H-pyrrole nitrogens is 1. The molecule has 3 rings (SSSR count). The summed E-state index contributed by atoms with van der Waals surface area (Å²) in [5.41, 5.74) is 1.17.